The molecule has 1 N–H and O–H groups in total. The lowest BCUT2D eigenvalue weighted by molar-refractivity contribution is 0.0446. The summed E-state index contributed by atoms with van der Waals surface area (Å²) in [6.07, 6.45) is 3.38. The molecule has 1 aliphatic heterocycles. The number of hydrogen-bond donors (Lipinski definition) is 1. The number of nitriles is 1. The van der Waals surface area contributed by atoms with Crippen LogP contribution in [0.25, 0.3) is 0 Å². The lowest BCUT2D eigenvalue weighted by atomic mass is 9.96. The van der Waals surface area contributed by atoms with Crippen molar-refractivity contribution in [2.24, 2.45) is 0 Å². The molecule has 1 aromatic carbocycles. The Balaban J connectivity index is 2.21. The van der Waals surface area contributed by atoms with E-state index in [1.807, 2.05) is 12.1 Å². The molecule has 1 aromatic rings. The third kappa shape index (κ3) is 3.12. The summed E-state index contributed by atoms with van der Waals surface area (Å²) in [5.74, 6) is 0.749. The Morgan fingerprint density at radius 3 is 2.90 bits per heavy atom. The molecule has 108 valence electrons. The van der Waals surface area contributed by atoms with Gasteiger partial charge in [0.05, 0.1) is 25.3 Å². The number of rotatable bonds is 4. The van der Waals surface area contributed by atoms with Crippen molar-refractivity contribution >= 4 is 0 Å². The lowest BCUT2D eigenvalue weighted by Crippen LogP contribution is -2.46. The Labute approximate surface area is 120 Å². The molecule has 0 saturated carbocycles. The largest absolute Gasteiger partial charge is 0.496 e. The molecule has 0 aromatic heterocycles. The summed E-state index contributed by atoms with van der Waals surface area (Å²) in [5, 5.41) is 18.5. The van der Waals surface area contributed by atoms with Crippen LogP contribution < -0.4 is 4.74 Å². The van der Waals surface area contributed by atoms with Crippen LogP contribution in [0.5, 0.6) is 5.75 Å². The van der Waals surface area contributed by atoms with E-state index in [2.05, 4.69) is 17.9 Å². The Bertz CT molecular complexity index is 496. The molecule has 1 heterocycles. The van der Waals surface area contributed by atoms with Crippen LogP contribution in [0.1, 0.15) is 37.3 Å². The van der Waals surface area contributed by atoms with Gasteiger partial charge in [0.1, 0.15) is 5.75 Å². The molecule has 2 rings (SSSR count). The van der Waals surface area contributed by atoms with E-state index < -0.39 is 0 Å². The molecule has 4 nitrogen and oxygen atoms in total. The molecule has 2 atom stereocenters. The standard InChI is InChI=1S/C16H22N2O2/c1-12-4-3-5-15(11-19)18(12)10-14-7-6-13(9-17)8-16(14)20-2/h6-8,12,15,19H,3-5,10-11H2,1-2H3. The van der Waals surface area contributed by atoms with Crippen molar-refractivity contribution in [1.29, 1.82) is 5.26 Å². The normalized spacial score (nSPS) is 23.3. The van der Waals surface area contributed by atoms with E-state index in [4.69, 9.17) is 10.00 Å². The fraction of sp³-hybridized carbons (Fsp3) is 0.562. The second-order valence-electron chi connectivity index (χ2n) is 5.43. The first-order chi connectivity index (χ1) is 9.69. The van der Waals surface area contributed by atoms with Gasteiger partial charge in [0.15, 0.2) is 0 Å². The average molecular weight is 274 g/mol. The van der Waals surface area contributed by atoms with Crippen LogP contribution in [0, 0.1) is 11.3 Å². The second kappa shape index (κ2) is 6.74. The van der Waals surface area contributed by atoms with Crippen LogP contribution in [0.3, 0.4) is 0 Å². The fourth-order valence-electron chi connectivity index (χ4n) is 2.96. The van der Waals surface area contributed by atoms with E-state index >= 15 is 0 Å². The maximum atomic E-state index is 9.55. The number of likely N-dealkylation sites (tertiary alicyclic amines) is 1. The fourth-order valence-corrected chi connectivity index (χ4v) is 2.96. The zero-order chi connectivity index (χ0) is 14.5. The maximum Gasteiger partial charge on any atom is 0.124 e. The van der Waals surface area contributed by atoms with Crippen LogP contribution in [-0.4, -0.2) is 35.8 Å². The number of hydrogen-bond acceptors (Lipinski definition) is 4. The Morgan fingerprint density at radius 1 is 1.45 bits per heavy atom. The monoisotopic (exact) mass is 274 g/mol. The van der Waals surface area contributed by atoms with Gasteiger partial charge < -0.3 is 9.84 Å². The first-order valence-corrected chi connectivity index (χ1v) is 7.13. The van der Waals surface area contributed by atoms with E-state index in [1.165, 1.54) is 6.42 Å². The molecule has 1 fully saturated rings. The van der Waals surface area contributed by atoms with Crippen LogP contribution >= 0.6 is 0 Å². The molecule has 0 spiro atoms. The summed E-state index contributed by atoms with van der Waals surface area (Å²) in [5.41, 5.74) is 1.68. The molecular weight excluding hydrogens is 252 g/mol. The SMILES string of the molecule is COc1cc(C#N)ccc1CN1C(C)CCCC1CO. The van der Waals surface area contributed by atoms with Crippen molar-refractivity contribution < 1.29 is 9.84 Å². The van der Waals surface area contributed by atoms with Gasteiger partial charge in [0.2, 0.25) is 0 Å². The van der Waals surface area contributed by atoms with E-state index in [0.717, 1.165) is 30.7 Å². The quantitative estimate of drug-likeness (QED) is 0.915. The zero-order valence-electron chi connectivity index (χ0n) is 12.2. The van der Waals surface area contributed by atoms with Gasteiger partial charge in [-0.1, -0.05) is 12.5 Å². The molecule has 2 unspecified atom stereocenters. The molecule has 0 radical (unpaired) electrons. The molecular formula is C16H22N2O2. The summed E-state index contributed by atoms with van der Waals surface area (Å²) < 4.78 is 5.39. The van der Waals surface area contributed by atoms with Crippen LogP contribution in [-0.2, 0) is 6.54 Å². The van der Waals surface area contributed by atoms with Crippen molar-refractivity contribution in [1.82, 2.24) is 4.90 Å². The van der Waals surface area contributed by atoms with Gasteiger partial charge in [-0.25, -0.2) is 0 Å². The smallest absolute Gasteiger partial charge is 0.124 e. The number of aliphatic hydroxyl groups is 1. The van der Waals surface area contributed by atoms with Crippen LogP contribution in [0.15, 0.2) is 18.2 Å². The van der Waals surface area contributed by atoms with Crippen molar-refractivity contribution in [3.05, 3.63) is 29.3 Å². The van der Waals surface area contributed by atoms with Gasteiger partial charge in [-0.15, -0.1) is 0 Å². The predicted molar refractivity (Wildman–Crippen MR) is 77.4 cm³/mol. The topological polar surface area (TPSA) is 56.5 Å². The summed E-state index contributed by atoms with van der Waals surface area (Å²) >= 11 is 0. The summed E-state index contributed by atoms with van der Waals surface area (Å²) in [7, 11) is 1.63. The highest BCUT2D eigenvalue weighted by Gasteiger charge is 2.27. The Morgan fingerprint density at radius 2 is 2.25 bits per heavy atom. The Kier molecular flexibility index (Phi) is 4.99. The highest BCUT2D eigenvalue weighted by Crippen LogP contribution is 2.28. The number of aliphatic hydroxyl groups excluding tert-OH is 1. The third-order valence-electron chi connectivity index (χ3n) is 4.17. The van der Waals surface area contributed by atoms with Crippen LogP contribution in [0.2, 0.25) is 0 Å². The minimum Gasteiger partial charge on any atom is -0.496 e. The molecule has 20 heavy (non-hydrogen) atoms. The van der Waals surface area contributed by atoms with E-state index in [-0.39, 0.29) is 12.6 Å². The van der Waals surface area contributed by atoms with Gasteiger partial charge in [-0.3, -0.25) is 4.90 Å². The lowest BCUT2D eigenvalue weighted by Gasteiger charge is -2.40. The van der Waals surface area contributed by atoms with E-state index in [0.29, 0.717) is 11.6 Å². The van der Waals surface area contributed by atoms with Crippen molar-refractivity contribution in [3.63, 3.8) is 0 Å². The summed E-state index contributed by atoms with van der Waals surface area (Å²) in [6.45, 7) is 3.15. The zero-order valence-corrected chi connectivity index (χ0v) is 12.2. The highest BCUT2D eigenvalue weighted by molar-refractivity contribution is 5.42. The van der Waals surface area contributed by atoms with Gasteiger partial charge in [0.25, 0.3) is 0 Å². The van der Waals surface area contributed by atoms with Gasteiger partial charge in [0, 0.05) is 24.2 Å². The van der Waals surface area contributed by atoms with Gasteiger partial charge in [-0.2, -0.15) is 5.26 Å². The maximum absolute atomic E-state index is 9.55. The number of benzene rings is 1. The van der Waals surface area contributed by atoms with Crippen molar-refractivity contribution in [2.45, 2.75) is 44.8 Å². The molecule has 0 aliphatic carbocycles. The number of piperidine rings is 1. The first-order valence-electron chi connectivity index (χ1n) is 7.13. The van der Waals surface area contributed by atoms with Crippen molar-refractivity contribution in [3.8, 4) is 11.8 Å². The third-order valence-corrected chi connectivity index (χ3v) is 4.17. The van der Waals surface area contributed by atoms with Crippen molar-refractivity contribution in [2.75, 3.05) is 13.7 Å². The van der Waals surface area contributed by atoms with Gasteiger partial charge >= 0.3 is 0 Å². The summed E-state index contributed by atoms with van der Waals surface area (Å²) in [6, 6.07) is 8.36. The number of nitrogens with zero attached hydrogens (tertiary/aromatic N) is 2. The number of ether oxygens (including phenoxy) is 1. The van der Waals surface area contributed by atoms with Gasteiger partial charge in [-0.05, 0) is 31.9 Å². The number of methoxy groups -OCH3 is 1. The van der Waals surface area contributed by atoms with E-state index in [9.17, 15) is 5.11 Å². The predicted octanol–water partition coefficient (Wildman–Crippen LogP) is 2.30. The Hall–Kier alpha value is -1.57. The molecule has 4 heteroatoms. The summed E-state index contributed by atoms with van der Waals surface area (Å²) in [4.78, 5) is 2.34. The minimum atomic E-state index is 0.197. The second-order valence-corrected chi connectivity index (χ2v) is 5.43. The van der Waals surface area contributed by atoms with E-state index in [1.54, 1.807) is 13.2 Å². The molecule has 0 bridgehead atoms. The molecule has 1 saturated heterocycles. The average Bonchev–Trinajstić information content (AvgIpc) is 2.49. The minimum absolute atomic E-state index is 0.197. The molecule has 1 aliphatic rings. The first kappa shape index (κ1) is 14.8. The highest BCUT2D eigenvalue weighted by atomic mass is 16.5. The van der Waals surface area contributed by atoms with Crippen LogP contribution in [0.4, 0.5) is 0 Å². The molecule has 0 amide bonds.